The van der Waals surface area contributed by atoms with Crippen LogP contribution in [-0.2, 0) is 11.3 Å². The van der Waals surface area contributed by atoms with E-state index in [1.165, 1.54) is 0 Å². The molecule has 1 N–H and O–H groups in total. The first kappa shape index (κ1) is 21.3. The number of benzene rings is 1. The standard InChI is InChI=1S/C21H26ClN7O2/c1-4-23-21(30)28-10-8-27(9-11-28)19-18-14(2)26-29(16-7-5-6-15(22)12-16)20(18)25-17(24-19)13-31-3/h5-7,12H,4,8-11,13H2,1-3H3,(H,23,30). The zero-order valence-electron chi connectivity index (χ0n) is 17.9. The number of hydrogen-bond donors (Lipinski definition) is 1. The monoisotopic (exact) mass is 443 g/mol. The van der Waals surface area contributed by atoms with E-state index in [9.17, 15) is 4.79 Å². The molecule has 0 unspecified atom stereocenters. The number of urea groups is 1. The van der Waals surface area contributed by atoms with Gasteiger partial charge in [-0.1, -0.05) is 17.7 Å². The summed E-state index contributed by atoms with van der Waals surface area (Å²) in [6.07, 6.45) is 0. The molecule has 2 amide bonds. The highest BCUT2D eigenvalue weighted by molar-refractivity contribution is 6.30. The number of carbonyl (C=O) groups excluding carboxylic acids is 1. The molecule has 3 heterocycles. The van der Waals surface area contributed by atoms with E-state index < -0.39 is 0 Å². The highest BCUT2D eigenvalue weighted by Gasteiger charge is 2.26. The predicted molar refractivity (Wildman–Crippen MR) is 120 cm³/mol. The van der Waals surface area contributed by atoms with E-state index in [1.807, 2.05) is 43.0 Å². The number of nitrogens with zero attached hydrogens (tertiary/aromatic N) is 6. The van der Waals surface area contributed by atoms with E-state index in [1.54, 1.807) is 11.8 Å². The maximum absolute atomic E-state index is 12.2. The quantitative estimate of drug-likeness (QED) is 0.652. The van der Waals surface area contributed by atoms with Crippen LogP contribution in [0.2, 0.25) is 5.02 Å². The van der Waals surface area contributed by atoms with E-state index in [4.69, 9.17) is 31.4 Å². The van der Waals surface area contributed by atoms with Crippen LogP contribution in [0.4, 0.5) is 10.6 Å². The summed E-state index contributed by atoms with van der Waals surface area (Å²) in [6, 6.07) is 7.49. The van der Waals surface area contributed by atoms with Gasteiger partial charge in [-0.25, -0.2) is 19.4 Å². The predicted octanol–water partition coefficient (Wildman–Crippen LogP) is 2.78. The SMILES string of the molecule is CCNC(=O)N1CCN(c2nc(COC)nc3c2c(C)nn3-c2cccc(Cl)c2)CC1. The second-order valence-electron chi connectivity index (χ2n) is 7.38. The number of aryl methyl sites for hydroxylation is 1. The van der Waals surface area contributed by atoms with Crippen LogP contribution >= 0.6 is 11.6 Å². The summed E-state index contributed by atoms with van der Waals surface area (Å²) in [5.41, 5.74) is 2.38. The Hall–Kier alpha value is -2.91. The number of ether oxygens (including phenoxy) is 1. The smallest absolute Gasteiger partial charge is 0.317 e. The van der Waals surface area contributed by atoms with Gasteiger partial charge in [0, 0.05) is 44.9 Å². The lowest BCUT2D eigenvalue weighted by Crippen LogP contribution is -2.52. The third-order valence-corrected chi connectivity index (χ3v) is 5.49. The van der Waals surface area contributed by atoms with Crippen molar-refractivity contribution < 1.29 is 9.53 Å². The third-order valence-electron chi connectivity index (χ3n) is 5.25. The van der Waals surface area contributed by atoms with Crippen molar-refractivity contribution in [3.8, 4) is 5.69 Å². The number of nitrogens with one attached hydrogen (secondary N) is 1. The number of aromatic nitrogens is 4. The van der Waals surface area contributed by atoms with E-state index in [-0.39, 0.29) is 6.03 Å². The average Bonchev–Trinajstić information content (AvgIpc) is 3.10. The normalized spacial score (nSPS) is 14.3. The Morgan fingerprint density at radius 2 is 2.00 bits per heavy atom. The summed E-state index contributed by atoms with van der Waals surface area (Å²) in [6.45, 7) is 7.39. The fourth-order valence-corrected chi connectivity index (χ4v) is 3.98. The highest BCUT2D eigenvalue weighted by atomic mass is 35.5. The molecule has 1 aromatic carbocycles. The Bertz CT molecular complexity index is 1090. The van der Waals surface area contributed by atoms with Crippen molar-refractivity contribution >= 4 is 34.5 Å². The molecule has 0 aliphatic carbocycles. The fourth-order valence-electron chi connectivity index (χ4n) is 3.80. The van der Waals surface area contributed by atoms with Crippen LogP contribution in [0.25, 0.3) is 16.7 Å². The molecule has 1 fully saturated rings. The average molecular weight is 444 g/mol. The molecular formula is C21H26ClN7O2. The zero-order chi connectivity index (χ0) is 22.0. The largest absolute Gasteiger partial charge is 0.377 e. The maximum Gasteiger partial charge on any atom is 0.317 e. The van der Waals surface area contributed by atoms with Gasteiger partial charge in [-0.15, -0.1) is 0 Å². The maximum atomic E-state index is 12.2. The number of carbonyl (C=O) groups is 1. The second kappa shape index (κ2) is 9.07. The van der Waals surface area contributed by atoms with E-state index in [2.05, 4.69) is 10.2 Å². The molecule has 1 aliphatic rings. The van der Waals surface area contributed by atoms with Crippen molar-refractivity contribution in [2.24, 2.45) is 0 Å². The molecule has 9 nitrogen and oxygen atoms in total. The van der Waals surface area contributed by atoms with E-state index in [0.717, 1.165) is 22.6 Å². The van der Waals surface area contributed by atoms with Crippen molar-refractivity contribution in [2.75, 3.05) is 44.7 Å². The Balaban J connectivity index is 1.74. The number of rotatable bonds is 5. The van der Waals surface area contributed by atoms with Crippen LogP contribution in [0.1, 0.15) is 18.4 Å². The molecule has 31 heavy (non-hydrogen) atoms. The number of piperazine rings is 1. The summed E-state index contributed by atoms with van der Waals surface area (Å²) < 4.78 is 7.11. The molecule has 1 saturated heterocycles. The number of hydrogen-bond acceptors (Lipinski definition) is 6. The summed E-state index contributed by atoms with van der Waals surface area (Å²) in [7, 11) is 1.62. The lowest BCUT2D eigenvalue weighted by Gasteiger charge is -2.35. The van der Waals surface area contributed by atoms with Crippen molar-refractivity contribution in [3.63, 3.8) is 0 Å². The van der Waals surface area contributed by atoms with Gasteiger partial charge in [0.15, 0.2) is 11.5 Å². The first-order valence-electron chi connectivity index (χ1n) is 10.3. The van der Waals surface area contributed by atoms with Gasteiger partial charge in [-0.3, -0.25) is 0 Å². The van der Waals surface area contributed by atoms with Crippen molar-refractivity contribution in [2.45, 2.75) is 20.5 Å². The van der Waals surface area contributed by atoms with Gasteiger partial charge in [-0.05, 0) is 32.0 Å². The molecule has 0 atom stereocenters. The fraction of sp³-hybridized carbons (Fsp3) is 0.429. The van der Waals surface area contributed by atoms with Gasteiger partial charge in [0.25, 0.3) is 0 Å². The number of methoxy groups -OCH3 is 1. The van der Waals surface area contributed by atoms with Crippen molar-refractivity contribution in [1.29, 1.82) is 0 Å². The summed E-state index contributed by atoms with van der Waals surface area (Å²) in [5, 5.41) is 9.13. The highest BCUT2D eigenvalue weighted by Crippen LogP contribution is 2.30. The molecule has 0 spiro atoms. The molecule has 10 heteroatoms. The number of halogens is 1. The van der Waals surface area contributed by atoms with Gasteiger partial charge >= 0.3 is 6.03 Å². The summed E-state index contributed by atoms with van der Waals surface area (Å²) in [4.78, 5) is 25.7. The van der Waals surface area contributed by atoms with Gasteiger partial charge in [0.2, 0.25) is 0 Å². The second-order valence-corrected chi connectivity index (χ2v) is 7.82. The first-order chi connectivity index (χ1) is 15.0. The molecule has 164 valence electrons. The minimum Gasteiger partial charge on any atom is -0.377 e. The van der Waals surface area contributed by atoms with Gasteiger partial charge in [-0.2, -0.15) is 5.10 Å². The lowest BCUT2D eigenvalue weighted by atomic mass is 10.2. The van der Waals surface area contributed by atoms with Gasteiger partial charge in [0.05, 0.1) is 16.8 Å². The van der Waals surface area contributed by atoms with E-state index in [0.29, 0.717) is 55.8 Å². The lowest BCUT2D eigenvalue weighted by molar-refractivity contribution is 0.178. The first-order valence-corrected chi connectivity index (χ1v) is 10.7. The molecule has 3 aromatic rings. The van der Waals surface area contributed by atoms with Crippen LogP contribution < -0.4 is 10.2 Å². The Morgan fingerprint density at radius 1 is 1.23 bits per heavy atom. The van der Waals surface area contributed by atoms with Crippen molar-refractivity contribution in [3.05, 3.63) is 40.8 Å². The van der Waals surface area contributed by atoms with Gasteiger partial charge in [0.1, 0.15) is 12.4 Å². The minimum absolute atomic E-state index is 0.0278. The van der Waals surface area contributed by atoms with Crippen LogP contribution in [0.5, 0.6) is 0 Å². The van der Waals surface area contributed by atoms with Crippen LogP contribution in [-0.4, -0.2) is 70.5 Å². The molecule has 0 radical (unpaired) electrons. The minimum atomic E-state index is -0.0278. The topological polar surface area (TPSA) is 88.4 Å². The van der Waals surface area contributed by atoms with Crippen LogP contribution in [0.15, 0.2) is 24.3 Å². The Morgan fingerprint density at radius 3 is 2.68 bits per heavy atom. The molecule has 4 rings (SSSR count). The molecule has 1 aliphatic heterocycles. The molecule has 2 aromatic heterocycles. The van der Waals surface area contributed by atoms with Gasteiger partial charge < -0.3 is 19.9 Å². The third kappa shape index (κ3) is 4.28. The Labute approximate surface area is 186 Å². The zero-order valence-corrected chi connectivity index (χ0v) is 18.7. The molecule has 0 bridgehead atoms. The van der Waals surface area contributed by atoms with Crippen molar-refractivity contribution in [1.82, 2.24) is 30.0 Å². The number of fused-ring (bicyclic) bond motifs is 1. The van der Waals surface area contributed by atoms with Crippen LogP contribution in [0.3, 0.4) is 0 Å². The number of amides is 2. The molecule has 0 saturated carbocycles. The summed E-state index contributed by atoms with van der Waals surface area (Å²) in [5.74, 6) is 1.40. The van der Waals surface area contributed by atoms with Crippen LogP contribution in [0, 0.1) is 6.92 Å². The molecular weight excluding hydrogens is 418 g/mol. The van der Waals surface area contributed by atoms with E-state index >= 15 is 0 Å². The summed E-state index contributed by atoms with van der Waals surface area (Å²) >= 11 is 6.21. The Kier molecular flexibility index (Phi) is 6.24. The number of anilines is 1.